The number of morpholine rings is 1. The number of hydrogen-bond donors (Lipinski definition) is 1. The second kappa shape index (κ2) is 10.2. The van der Waals surface area contributed by atoms with Gasteiger partial charge in [0.05, 0.1) is 13.2 Å². The maximum absolute atomic E-state index is 10.2. The van der Waals surface area contributed by atoms with Crippen molar-refractivity contribution < 1.29 is 19.3 Å². The van der Waals surface area contributed by atoms with E-state index in [9.17, 15) is 5.11 Å². The molecule has 26 heavy (non-hydrogen) atoms. The third-order valence-electron chi connectivity index (χ3n) is 5.16. The number of rotatable bonds is 8. The van der Waals surface area contributed by atoms with Gasteiger partial charge in [-0.15, -0.1) is 0 Å². The van der Waals surface area contributed by atoms with Crippen molar-refractivity contribution in [1.82, 2.24) is 9.80 Å². The predicted molar refractivity (Wildman–Crippen MR) is 101 cm³/mol. The fourth-order valence-electron chi connectivity index (χ4n) is 3.60. The van der Waals surface area contributed by atoms with E-state index in [0.29, 0.717) is 19.2 Å². The number of β-amino-alcohol motifs (C(OH)–C–C–N with tert-alkyl or cyclic N) is 1. The van der Waals surface area contributed by atoms with Gasteiger partial charge in [-0.05, 0) is 37.6 Å². The van der Waals surface area contributed by atoms with Crippen molar-refractivity contribution >= 4 is 0 Å². The summed E-state index contributed by atoms with van der Waals surface area (Å²) in [6.45, 7) is 6.82. The molecule has 2 heterocycles. The van der Waals surface area contributed by atoms with E-state index in [1.807, 2.05) is 12.1 Å². The highest BCUT2D eigenvalue weighted by molar-refractivity contribution is 5.28. The van der Waals surface area contributed by atoms with Crippen LogP contribution >= 0.6 is 0 Å². The Balaban J connectivity index is 1.44. The third kappa shape index (κ3) is 6.21. The van der Waals surface area contributed by atoms with Gasteiger partial charge in [0.15, 0.2) is 0 Å². The van der Waals surface area contributed by atoms with Crippen LogP contribution in [0.4, 0.5) is 0 Å². The van der Waals surface area contributed by atoms with Crippen LogP contribution < -0.4 is 4.74 Å². The highest BCUT2D eigenvalue weighted by atomic mass is 16.5. The molecule has 0 radical (unpaired) electrons. The SMILES string of the molecule is CN(Cc1cccc(OC[C@H](O)CN2CCOCC2)c1)C1CCOCC1. The molecule has 1 aromatic carbocycles. The van der Waals surface area contributed by atoms with Crippen molar-refractivity contribution in [2.75, 3.05) is 59.7 Å². The highest BCUT2D eigenvalue weighted by Crippen LogP contribution is 2.19. The van der Waals surface area contributed by atoms with Gasteiger partial charge < -0.3 is 19.3 Å². The number of nitrogens with zero attached hydrogens (tertiary/aromatic N) is 2. The number of benzene rings is 1. The van der Waals surface area contributed by atoms with E-state index in [1.54, 1.807) is 0 Å². The van der Waals surface area contributed by atoms with Gasteiger partial charge >= 0.3 is 0 Å². The Morgan fingerprint density at radius 3 is 2.69 bits per heavy atom. The Bertz CT molecular complexity index is 530. The summed E-state index contributed by atoms with van der Waals surface area (Å²) in [5.41, 5.74) is 1.24. The van der Waals surface area contributed by atoms with Crippen molar-refractivity contribution in [3.8, 4) is 5.75 Å². The van der Waals surface area contributed by atoms with Crippen molar-refractivity contribution in [2.24, 2.45) is 0 Å². The molecule has 0 unspecified atom stereocenters. The molecule has 1 N–H and O–H groups in total. The first-order valence-corrected chi connectivity index (χ1v) is 9.68. The summed E-state index contributed by atoms with van der Waals surface area (Å²) in [5.74, 6) is 0.823. The van der Waals surface area contributed by atoms with Crippen LogP contribution in [0, 0.1) is 0 Å². The smallest absolute Gasteiger partial charge is 0.119 e. The van der Waals surface area contributed by atoms with E-state index in [2.05, 4.69) is 29.0 Å². The Hall–Kier alpha value is -1.18. The molecule has 0 saturated carbocycles. The van der Waals surface area contributed by atoms with Crippen LogP contribution in [0.25, 0.3) is 0 Å². The molecule has 6 heteroatoms. The molecule has 1 aromatic rings. The summed E-state index contributed by atoms with van der Waals surface area (Å²) in [4.78, 5) is 4.62. The molecule has 0 spiro atoms. The third-order valence-corrected chi connectivity index (χ3v) is 5.16. The number of aliphatic hydroxyl groups is 1. The standard InChI is InChI=1S/C20H32N2O4/c1-21(18-5-9-24-10-6-18)14-17-3-2-4-20(13-17)26-16-19(23)15-22-7-11-25-12-8-22/h2-4,13,18-19,23H,5-12,14-16H2,1H3/t19-/m1/s1. The largest absolute Gasteiger partial charge is 0.491 e. The fourth-order valence-corrected chi connectivity index (χ4v) is 3.60. The van der Waals surface area contributed by atoms with Gasteiger partial charge in [0.2, 0.25) is 0 Å². The molecule has 2 saturated heterocycles. The summed E-state index contributed by atoms with van der Waals surface area (Å²) in [5, 5.41) is 10.2. The second-order valence-corrected chi connectivity index (χ2v) is 7.28. The number of hydrogen-bond acceptors (Lipinski definition) is 6. The average Bonchev–Trinajstić information content (AvgIpc) is 2.68. The van der Waals surface area contributed by atoms with Gasteiger partial charge in [-0.1, -0.05) is 12.1 Å². The molecule has 2 aliphatic heterocycles. The summed E-state index contributed by atoms with van der Waals surface area (Å²) >= 11 is 0. The zero-order chi connectivity index (χ0) is 18.2. The van der Waals surface area contributed by atoms with E-state index in [1.165, 1.54) is 5.56 Å². The van der Waals surface area contributed by atoms with Crippen molar-refractivity contribution in [2.45, 2.75) is 31.5 Å². The van der Waals surface area contributed by atoms with E-state index in [4.69, 9.17) is 14.2 Å². The maximum Gasteiger partial charge on any atom is 0.119 e. The van der Waals surface area contributed by atoms with Crippen LogP contribution in [-0.2, 0) is 16.0 Å². The Morgan fingerprint density at radius 2 is 1.92 bits per heavy atom. The maximum atomic E-state index is 10.2. The van der Waals surface area contributed by atoms with E-state index in [-0.39, 0.29) is 0 Å². The molecular formula is C20H32N2O4. The van der Waals surface area contributed by atoms with Crippen molar-refractivity contribution in [3.63, 3.8) is 0 Å². The first-order chi connectivity index (χ1) is 12.7. The molecule has 0 aromatic heterocycles. The molecule has 1 atom stereocenters. The van der Waals surface area contributed by atoms with Gasteiger partial charge in [0.25, 0.3) is 0 Å². The molecule has 0 amide bonds. The quantitative estimate of drug-likeness (QED) is 0.752. The van der Waals surface area contributed by atoms with Crippen molar-refractivity contribution in [3.05, 3.63) is 29.8 Å². The van der Waals surface area contributed by atoms with Crippen LogP contribution in [0.15, 0.2) is 24.3 Å². The number of aliphatic hydroxyl groups excluding tert-OH is 1. The summed E-state index contributed by atoms with van der Waals surface area (Å²) in [6.07, 6.45) is 1.71. The Morgan fingerprint density at radius 1 is 1.19 bits per heavy atom. The second-order valence-electron chi connectivity index (χ2n) is 7.28. The molecular weight excluding hydrogens is 332 g/mol. The van der Waals surface area contributed by atoms with Gasteiger partial charge in [0, 0.05) is 45.4 Å². The minimum absolute atomic E-state index is 0.316. The highest BCUT2D eigenvalue weighted by Gasteiger charge is 2.19. The summed E-state index contributed by atoms with van der Waals surface area (Å²) in [7, 11) is 2.18. The lowest BCUT2D eigenvalue weighted by atomic mass is 10.1. The molecule has 2 aliphatic rings. The lowest BCUT2D eigenvalue weighted by molar-refractivity contribution is 0.00464. The Kier molecular flexibility index (Phi) is 7.70. The van der Waals surface area contributed by atoms with Crippen LogP contribution in [-0.4, -0.2) is 86.8 Å². The van der Waals surface area contributed by atoms with E-state index in [0.717, 1.165) is 64.7 Å². The average molecular weight is 364 g/mol. The van der Waals surface area contributed by atoms with Crippen molar-refractivity contribution in [1.29, 1.82) is 0 Å². The number of ether oxygens (including phenoxy) is 3. The lowest BCUT2D eigenvalue weighted by Crippen LogP contribution is -2.42. The molecule has 146 valence electrons. The molecule has 2 fully saturated rings. The van der Waals surface area contributed by atoms with Gasteiger partial charge in [-0.2, -0.15) is 0 Å². The van der Waals surface area contributed by atoms with Gasteiger partial charge in [-0.25, -0.2) is 0 Å². The molecule has 0 bridgehead atoms. The first kappa shape index (κ1) is 19.6. The molecule has 6 nitrogen and oxygen atoms in total. The first-order valence-electron chi connectivity index (χ1n) is 9.68. The van der Waals surface area contributed by atoms with E-state index < -0.39 is 6.10 Å². The van der Waals surface area contributed by atoms with Gasteiger partial charge in [-0.3, -0.25) is 9.80 Å². The predicted octanol–water partition coefficient (Wildman–Crippen LogP) is 1.37. The van der Waals surface area contributed by atoms with Crippen LogP contribution in [0.3, 0.4) is 0 Å². The van der Waals surface area contributed by atoms with Crippen LogP contribution in [0.5, 0.6) is 5.75 Å². The Labute approximate surface area is 156 Å². The fraction of sp³-hybridized carbons (Fsp3) is 0.700. The van der Waals surface area contributed by atoms with Crippen LogP contribution in [0.2, 0.25) is 0 Å². The minimum atomic E-state index is -0.485. The molecule has 3 rings (SSSR count). The van der Waals surface area contributed by atoms with Crippen LogP contribution in [0.1, 0.15) is 18.4 Å². The van der Waals surface area contributed by atoms with Gasteiger partial charge in [0.1, 0.15) is 18.5 Å². The summed E-state index contributed by atoms with van der Waals surface area (Å²) in [6, 6.07) is 8.78. The monoisotopic (exact) mass is 364 g/mol. The summed E-state index contributed by atoms with van der Waals surface area (Å²) < 4.78 is 16.6. The minimum Gasteiger partial charge on any atom is -0.491 e. The normalized spacial score (nSPS) is 21.0. The zero-order valence-corrected chi connectivity index (χ0v) is 15.8. The molecule has 0 aliphatic carbocycles. The lowest BCUT2D eigenvalue weighted by Gasteiger charge is -2.31. The topological polar surface area (TPSA) is 54.4 Å². The zero-order valence-electron chi connectivity index (χ0n) is 15.8. The van der Waals surface area contributed by atoms with E-state index >= 15 is 0 Å².